The number of aromatic nitrogens is 2. The van der Waals surface area contributed by atoms with Crippen molar-refractivity contribution in [3.8, 4) is 5.88 Å². The van der Waals surface area contributed by atoms with Gasteiger partial charge in [-0.25, -0.2) is 4.98 Å². The molecule has 0 spiro atoms. The van der Waals surface area contributed by atoms with E-state index in [4.69, 9.17) is 11.6 Å². The summed E-state index contributed by atoms with van der Waals surface area (Å²) in [7, 11) is 1.08. The quantitative estimate of drug-likeness (QED) is 0.669. The first-order valence-corrected chi connectivity index (χ1v) is 3.46. The van der Waals surface area contributed by atoms with Crippen LogP contribution in [0.15, 0.2) is 6.20 Å². The second-order valence-corrected chi connectivity index (χ2v) is 2.40. The van der Waals surface area contributed by atoms with Crippen molar-refractivity contribution in [1.82, 2.24) is 9.97 Å². The van der Waals surface area contributed by atoms with Crippen LogP contribution in [0.25, 0.3) is 0 Å². The summed E-state index contributed by atoms with van der Waals surface area (Å²) in [5.41, 5.74) is -1.04. The molecule has 1 aromatic rings. The molecule has 1 rings (SSSR count). The number of nitrogens with zero attached hydrogens (tertiary/aromatic N) is 2. The minimum Gasteiger partial charge on any atom is -0.480 e. The van der Waals surface area contributed by atoms with Crippen LogP contribution >= 0.6 is 11.6 Å². The molecule has 0 fully saturated rings. The van der Waals surface area contributed by atoms with E-state index in [-0.39, 0.29) is 5.28 Å². The molecule has 0 aliphatic heterocycles. The minimum absolute atomic E-state index is 0.287. The largest absolute Gasteiger partial charge is 0.480 e. The predicted octanol–water partition coefficient (Wildman–Crippen LogP) is 2.16. The Bertz CT molecular complexity index is 315. The molecule has 0 atom stereocenters. The van der Waals surface area contributed by atoms with Crippen molar-refractivity contribution >= 4 is 11.6 Å². The summed E-state index contributed by atoms with van der Waals surface area (Å²) >= 11 is 5.28. The Morgan fingerprint density at radius 3 is 2.54 bits per heavy atom. The maximum Gasteiger partial charge on any atom is 0.423 e. The first kappa shape index (κ1) is 10.0. The highest BCUT2D eigenvalue weighted by Gasteiger charge is 2.35. The van der Waals surface area contributed by atoms with Gasteiger partial charge in [0.1, 0.15) is 5.56 Å². The maximum atomic E-state index is 12.2. The molecule has 0 radical (unpaired) electrons. The molecule has 0 aliphatic carbocycles. The van der Waals surface area contributed by atoms with Gasteiger partial charge in [0.25, 0.3) is 0 Å². The molecule has 0 aliphatic rings. The van der Waals surface area contributed by atoms with Crippen molar-refractivity contribution < 1.29 is 17.9 Å². The van der Waals surface area contributed by atoms with Crippen molar-refractivity contribution in [2.45, 2.75) is 6.18 Å². The molecule has 0 saturated heterocycles. The lowest BCUT2D eigenvalue weighted by Crippen LogP contribution is -2.09. The third-order valence-electron chi connectivity index (χ3n) is 1.22. The molecule has 0 N–H and O–H groups in total. The zero-order valence-electron chi connectivity index (χ0n) is 6.39. The van der Waals surface area contributed by atoms with Crippen LogP contribution in [0.5, 0.6) is 5.88 Å². The standard InChI is InChI=1S/C6H4ClF3N2O/c1-13-4-3(6(8,9)10)2-11-5(7)12-4/h2H,1H3. The Labute approximate surface area is 76.5 Å². The summed E-state index contributed by atoms with van der Waals surface area (Å²) < 4.78 is 40.9. The first-order valence-electron chi connectivity index (χ1n) is 3.09. The lowest BCUT2D eigenvalue weighted by atomic mass is 10.3. The molecule has 1 heterocycles. The molecule has 0 unspecified atom stereocenters. The van der Waals surface area contributed by atoms with Crippen LogP contribution in [0.2, 0.25) is 5.28 Å². The van der Waals surface area contributed by atoms with E-state index >= 15 is 0 Å². The Kier molecular flexibility index (Phi) is 2.60. The minimum atomic E-state index is -4.53. The highest BCUT2D eigenvalue weighted by Crippen LogP contribution is 2.34. The van der Waals surface area contributed by atoms with Gasteiger partial charge in [-0.05, 0) is 11.6 Å². The number of halogens is 4. The molecular formula is C6H4ClF3N2O. The Balaban J connectivity index is 3.22. The molecule has 13 heavy (non-hydrogen) atoms. The fraction of sp³-hybridized carbons (Fsp3) is 0.333. The topological polar surface area (TPSA) is 35.0 Å². The van der Waals surface area contributed by atoms with Crippen LogP contribution in [-0.2, 0) is 6.18 Å². The van der Waals surface area contributed by atoms with Crippen LogP contribution < -0.4 is 4.74 Å². The van der Waals surface area contributed by atoms with Crippen molar-refractivity contribution in [2.24, 2.45) is 0 Å². The third kappa shape index (κ3) is 2.21. The highest BCUT2D eigenvalue weighted by molar-refractivity contribution is 6.28. The summed E-state index contributed by atoms with van der Waals surface area (Å²) in [4.78, 5) is 6.48. The Morgan fingerprint density at radius 2 is 2.08 bits per heavy atom. The van der Waals surface area contributed by atoms with E-state index in [1.54, 1.807) is 0 Å². The Hall–Kier alpha value is -1.04. The number of hydrogen-bond acceptors (Lipinski definition) is 3. The molecule has 0 amide bonds. The lowest BCUT2D eigenvalue weighted by Gasteiger charge is -2.09. The van der Waals surface area contributed by atoms with E-state index in [1.165, 1.54) is 0 Å². The summed E-state index contributed by atoms with van der Waals surface area (Å²) in [6, 6.07) is 0. The summed E-state index contributed by atoms with van der Waals surface area (Å²) in [5, 5.41) is -0.287. The van der Waals surface area contributed by atoms with E-state index in [0.29, 0.717) is 6.20 Å². The van der Waals surface area contributed by atoms with Gasteiger partial charge < -0.3 is 4.74 Å². The highest BCUT2D eigenvalue weighted by atomic mass is 35.5. The smallest absolute Gasteiger partial charge is 0.423 e. The van der Waals surface area contributed by atoms with Crippen LogP contribution in [0, 0.1) is 0 Å². The van der Waals surface area contributed by atoms with Crippen molar-refractivity contribution in [3.05, 3.63) is 17.0 Å². The van der Waals surface area contributed by atoms with Gasteiger partial charge in [-0.15, -0.1) is 0 Å². The predicted molar refractivity (Wildman–Crippen MR) is 38.6 cm³/mol. The van der Waals surface area contributed by atoms with E-state index < -0.39 is 17.6 Å². The average molecular weight is 213 g/mol. The Morgan fingerprint density at radius 1 is 1.46 bits per heavy atom. The van der Waals surface area contributed by atoms with E-state index in [9.17, 15) is 13.2 Å². The van der Waals surface area contributed by atoms with Crippen molar-refractivity contribution in [3.63, 3.8) is 0 Å². The molecule has 7 heteroatoms. The van der Waals surface area contributed by atoms with Gasteiger partial charge in [0.2, 0.25) is 11.2 Å². The fourth-order valence-corrected chi connectivity index (χ4v) is 0.822. The lowest BCUT2D eigenvalue weighted by molar-refractivity contribution is -0.139. The van der Waals surface area contributed by atoms with Crippen LogP contribution in [0.3, 0.4) is 0 Å². The van der Waals surface area contributed by atoms with Crippen LogP contribution in [-0.4, -0.2) is 17.1 Å². The van der Waals surface area contributed by atoms with E-state index in [0.717, 1.165) is 7.11 Å². The third-order valence-corrected chi connectivity index (χ3v) is 1.41. The van der Waals surface area contributed by atoms with Gasteiger partial charge in [0.05, 0.1) is 7.11 Å². The SMILES string of the molecule is COc1nc(Cl)ncc1C(F)(F)F. The normalized spacial score (nSPS) is 11.5. The molecule has 0 bridgehead atoms. The zero-order valence-corrected chi connectivity index (χ0v) is 7.15. The van der Waals surface area contributed by atoms with Gasteiger partial charge in [0.15, 0.2) is 0 Å². The molecular weight excluding hydrogens is 209 g/mol. The van der Waals surface area contributed by atoms with Crippen LogP contribution in [0.4, 0.5) is 13.2 Å². The number of alkyl halides is 3. The van der Waals surface area contributed by atoms with E-state index in [2.05, 4.69) is 14.7 Å². The second-order valence-electron chi connectivity index (χ2n) is 2.06. The summed E-state index contributed by atoms with van der Waals surface area (Å²) in [6.45, 7) is 0. The number of rotatable bonds is 1. The summed E-state index contributed by atoms with van der Waals surface area (Å²) in [6.07, 6.45) is -3.95. The molecule has 3 nitrogen and oxygen atoms in total. The van der Waals surface area contributed by atoms with Crippen LogP contribution in [0.1, 0.15) is 5.56 Å². The number of ether oxygens (including phenoxy) is 1. The number of methoxy groups -OCH3 is 1. The van der Waals surface area contributed by atoms with Gasteiger partial charge in [-0.2, -0.15) is 18.2 Å². The molecule has 1 aromatic heterocycles. The monoisotopic (exact) mass is 212 g/mol. The zero-order chi connectivity index (χ0) is 10.1. The average Bonchev–Trinajstić information content (AvgIpc) is 2.01. The van der Waals surface area contributed by atoms with Gasteiger partial charge in [-0.3, -0.25) is 0 Å². The molecule has 72 valence electrons. The first-order chi connectivity index (χ1) is 5.95. The molecule has 0 aromatic carbocycles. The summed E-state index contributed by atoms with van der Waals surface area (Å²) in [5.74, 6) is -0.576. The van der Waals surface area contributed by atoms with Crippen molar-refractivity contribution in [2.75, 3.05) is 7.11 Å². The molecule has 0 saturated carbocycles. The van der Waals surface area contributed by atoms with Gasteiger partial charge >= 0.3 is 6.18 Å². The fourth-order valence-electron chi connectivity index (χ4n) is 0.696. The second kappa shape index (κ2) is 3.37. The van der Waals surface area contributed by atoms with Crippen molar-refractivity contribution in [1.29, 1.82) is 0 Å². The van der Waals surface area contributed by atoms with E-state index in [1.807, 2.05) is 0 Å². The van der Waals surface area contributed by atoms with Gasteiger partial charge in [-0.1, -0.05) is 0 Å². The maximum absolute atomic E-state index is 12.2. The van der Waals surface area contributed by atoms with Gasteiger partial charge in [0, 0.05) is 6.20 Å². The number of hydrogen-bond donors (Lipinski definition) is 0.